The average Bonchev–Trinajstić information content (AvgIpc) is 3.46. The molecule has 0 saturated carbocycles. The van der Waals surface area contributed by atoms with Crippen LogP contribution >= 0.6 is 7.82 Å². The summed E-state index contributed by atoms with van der Waals surface area (Å²) >= 11 is 0. The van der Waals surface area contributed by atoms with Gasteiger partial charge in [0, 0.05) is 12.8 Å². The summed E-state index contributed by atoms with van der Waals surface area (Å²) in [4.78, 5) is 38.1. The first kappa shape index (κ1) is 79.5. The molecular weight excluding hydrogens is 1040 g/mol. The molecule has 0 fully saturated rings. The highest BCUT2D eigenvalue weighted by molar-refractivity contribution is 7.45. The number of allylic oxidation sites excluding steroid dienone is 12. The van der Waals surface area contributed by atoms with Gasteiger partial charge in [-0.05, 0) is 83.5 Å². The maximum Gasteiger partial charge on any atom is 0.306 e. The number of likely N-dealkylation sites (N-methyl/N-ethyl adjacent to an activating group) is 1. The van der Waals surface area contributed by atoms with Crippen LogP contribution in [0.5, 0.6) is 0 Å². The van der Waals surface area contributed by atoms with Crippen LogP contribution in [0.25, 0.3) is 0 Å². The Morgan fingerprint density at radius 2 is 0.695 bits per heavy atom. The molecule has 0 aliphatic rings. The monoisotopic (exact) mass is 1170 g/mol. The normalized spacial score (nSPS) is 13.6. The summed E-state index contributed by atoms with van der Waals surface area (Å²) in [6, 6.07) is 0. The Kier molecular flexibility index (Phi) is 61.0. The van der Waals surface area contributed by atoms with Gasteiger partial charge in [-0.3, -0.25) is 14.2 Å². The topological polar surface area (TPSA) is 111 Å². The largest absolute Gasteiger partial charge is 0.756 e. The van der Waals surface area contributed by atoms with Crippen LogP contribution in [-0.2, 0) is 32.7 Å². The van der Waals surface area contributed by atoms with E-state index in [9.17, 15) is 19.0 Å². The molecule has 0 rings (SSSR count). The smallest absolute Gasteiger partial charge is 0.306 e. The van der Waals surface area contributed by atoms with Crippen LogP contribution in [0.1, 0.15) is 322 Å². The first-order chi connectivity index (χ1) is 40.0. The molecule has 2 unspecified atom stereocenters. The maximum absolute atomic E-state index is 12.9. The molecule has 82 heavy (non-hydrogen) atoms. The third-order valence-electron chi connectivity index (χ3n) is 15.2. The van der Waals surface area contributed by atoms with E-state index in [4.69, 9.17) is 18.5 Å². The number of rotatable bonds is 64. The number of hydrogen-bond donors (Lipinski definition) is 0. The highest BCUT2D eigenvalue weighted by atomic mass is 31.2. The lowest BCUT2D eigenvalue weighted by Gasteiger charge is -2.28. The number of nitrogens with zero attached hydrogens (tertiary/aromatic N) is 1. The van der Waals surface area contributed by atoms with Crippen molar-refractivity contribution >= 4 is 19.8 Å². The fourth-order valence-electron chi connectivity index (χ4n) is 9.92. The fourth-order valence-corrected chi connectivity index (χ4v) is 10.6. The van der Waals surface area contributed by atoms with E-state index in [0.29, 0.717) is 17.4 Å². The Morgan fingerprint density at radius 3 is 1.04 bits per heavy atom. The van der Waals surface area contributed by atoms with Crippen molar-refractivity contribution in [3.8, 4) is 0 Å². The molecule has 0 radical (unpaired) electrons. The molecule has 2 atom stereocenters. The molecule has 0 spiro atoms. The molecule has 0 heterocycles. The third-order valence-corrected chi connectivity index (χ3v) is 16.2. The number of ether oxygens (including phenoxy) is 2. The van der Waals surface area contributed by atoms with Crippen LogP contribution < -0.4 is 4.89 Å². The lowest BCUT2D eigenvalue weighted by molar-refractivity contribution is -0.870. The highest BCUT2D eigenvalue weighted by Crippen LogP contribution is 2.38. The Labute approximate surface area is 508 Å². The summed E-state index contributed by atoms with van der Waals surface area (Å²) in [5.41, 5.74) is 0. The van der Waals surface area contributed by atoms with Crippen molar-refractivity contribution in [3.63, 3.8) is 0 Å². The van der Waals surface area contributed by atoms with E-state index >= 15 is 0 Å². The molecule has 10 heteroatoms. The van der Waals surface area contributed by atoms with Crippen molar-refractivity contribution in [1.29, 1.82) is 0 Å². The molecular formula is C72H132NO8P. The highest BCUT2D eigenvalue weighted by Gasteiger charge is 2.22. The zero-order valence-corrected chi connectivity index (χ0v) is 55.3. The van der Waals surface area contributed by atoms with Crippen LogP contribution in [0, 0.1) is 0 Å². The zero-order valence-electron chi connectivity index (χ0n) is 54.4. The van der Waals surface area contributed by atoms with Gasteiger partial charge in [0.2, 0.25) is 0 Å². The van der Waals surface area contributed by atoms with E-state index in [1.54, 1.807) is 0 Å². The summed E-state index contributed by atoms with van der Waals surface area (Å²) < 4.78 is 34.3. The van der Waals surface area contributed by atoms with Gasteiger partial charge in [-0.15, -0.1) is 0 Å². The lowest BCUT2D eigenvalue weighted by atomic mass is 10.0. The first-order valence-electron chi connectivity index (χ1n) is 34.6. The van der Waals surface area contributed by atoms with Gasteiger partial charge in [0.25, 0.3) is 7.82 Å². The molecule has 0 aromatic carbocycles. The van der Waals surface area contributed by atoms with Crippen molar-refractivity contribution < 1.29 is 42.1 Å². The van der Waals surface area contributed by atoms with E-state index in [1.165, 1.54) is 218 Å². The zero-order chi connectivity index (χ0) is 59.8. The molecule has 0 N–H and O–H groups in total. The fraction of sp³-hybridized carbons (Fsp3) is 0.806. The SMILES string of the molecule is CC/C=C\C/C=C\C/C=C\C/C=C\CCCCCCCCCCCCCCCCCCCCC(=O)OC(COC(=O)CCCCCCCCCCCCCCCCC/C=C\C/C=C\CCCCCCC)COP(=O)([O-])OCC[N+](C)(C)C. The average molecular weight is 1170 g/mol. The molecule has 0 saturated heterocycles. The molecule has 0 aromatic heterocycles. The number of esters is 2. The van der Waals surface area contributed by atoms with Crippen molar-refractivity contribution in [2.24, 2.45) is 0 Å². The number of phosphoric ester groups is 1. The number of quaternary nitrogens is 1. The second-order valence-corrected chi connectivity index (χ2v) is 25.9. The molecule has 0 aliphatic carbocycles. The van der Waals surface area contributed by atoms with Gasteiger partial charge in [-0.2, -0.15) is 0 Å². The second-order valence-electron chi connectivity index (χ2n) is 24.5. The van der Waals surface area contributed by atoms with Crippen LogP contribution in [0.15, 0.2) is 72.9 Å². The maximum atomic E-state index is 12.9. The molecule has 0 amide bonds. The predicted octanol–water partition coefficient (Wildman–Crippen LogP) is 21.8. The lowest BCUT2D eigenvalue weighted by Crippen LogP contribution is -2.37. The van der Waals surface area contributed by atoms with Gasteiger partial charge >= 0.3 is 11.9 Å². The Balaban J connectivity index is 4.02. The molecule has 0 aliphatic heterocycles. The van der Waals surface area contributed by atoms with Crippen molar-refractivity contribution in [3.05, 3.63) is 72.9 Å². The number of phosphoric acid groups is 1. The quantitative estimate of drug-likeness (QED) is 0.0195. The minimum absolute atomic E-state index is 0.0307. The van der Waals surface area contributed by atoms with Gasteiger partial charge in [0.15, 0.2) is 6.10 Å². The third kappa shape index (κ3) is 66.6. The number of carbonyl (C=O) groups excluding carboxylic acids is 2. The van der Waals surface area contributed by atoms with Crippen LogP contribution in [0.2, 0.25) is 0 Å². The summed E-state index contributed by atoms with van der Waals surface area (Å²) in [6.07, 6.45) is 84.1. The van der Waals surface area contributed by atoms with E-state index in [1.807, 2.05) is 21.1 Å². The molecule has 0 bridgehead atoms. The van der Waals surface area contributed by atoms with Crippen LogP contribution in [0.4, 0.5) is 0 Å². The Hall–Kier alpha value is -2.55. The van der Waals surface area contributed by atoms with Gasteiger partial charge in [-0.1, -0.05) is 299 Å². The van der Waals surface area contributed by atoms with Gasteiger partial charge in [0.05, 0.1) is 27.7 Å². The second kappa shape index (κ2) is 63.0. The summed E-state index contributed by atoms with van der Waals surface area (Å²) in [7, 11) is 1.18. The summed E-state index contributed by atoms with van der Waals surface area (Å²) in [6.45, 7) is 4.16. The van der Waals surface area contributed by atoms with E-state index in [-0.39, 0.29) is 32.0 Å². The standard InChI is InChI=1S/C72H132NO8P/c1-6-8-10-12-14-16-18-20-22-24-26-28-30-32-34-35-36-37-39-41-43-45-47-49-51-53-55-57-59-61-63-65-72(75)81-70(69-80-82(76,77)79-67-66-73(3,4)5)68-78-71(74)64-62-60-58-56-54-52-50-48-46-44-42-40-38-33-31-29-27-25-23-21-19-17-15-13-11-9-7-2/h8,10,14,16,19-22,25-28,70H,6-7,9,11-13,15,17-18,23-24,29-69H2,1-5H3/b10-8-,16-14-,21-19-,22-20-,27-25-,28-26-. The van der Waals surface area contributed by atoms with Gasteiger partial charge < -0.3 is 27.9 Å². The first-order valence-corrected chi connectivity index (χ1v) is 36.1. The molecule has 9 nitrogen and oxygen atoms in total. The minimum Gasteiger partial charge on any atom is -0.756 e. The van der Waals surface area contributed by atoms with Gasteiger partial charge in [-0.25, -0.2) is 0 Å². The number of hydrogen-bond acceptors (Lipinski definition) is 8. The van der Waals surface area contributed by atoms with Crippen molar-refractivity contribution in [2.45, 2.75) is 328 Å². The predicted molar refractivity (Wildman–Crippen MR) is 351 cm³/mol. The molecule has 0 aromatic rings. The van der Waals surface area contributed by atoms with Gasteiger partial charge in [0.1, 0.15) is 19.8 Å². The Bertz CT molecular complexity index is 1610. The summed E-state index contributed by atoms with van der Waals surface area (Å²) in [5.74, 6) is -0.820. The van der Waals surface area contributed by atoms with Crippen LogP contribution in [-0.4, -0.2) is 70.0 Å². The molecule has 478 valence electrons. The number of carbonyl (C=O) groups is 2. The summed E-state index contributed by atoms with van der Waals surface area (Å²) in [5, 5.41) is 0. The Morgan fingerprint density at radius 1 is 0.390 bits per heavy atom. The van der Waals surface area contributed by atoms with E-state index < -0.39 is 26.5 Å². The van der Waals surface area contributed by atoms with E-state index in [0.717, 1.165) is 70.6 Å². The van der Waals surface area contributed by atoms with Crippen molar-refractivity contribution in [1.82, 2.24) is 0 Å². The van der Waals surface area contributed by atoms with Crippen LogP contribution in [0.3, 0.4) is 0 Å². The van der Waals surface area contributed by atoms with Crippen molar-refractivity contribution in [2.75, 3.05) is 47.5 Å². The minimum atomic E-state index is -4.64. The van der Waals surface area contributed by atoms with E-state index in [2.05, 4.69) is 86.8 Å². The number of unbranched alkanes of at least 4 members (excludes halogenated alkanes) is 38.